The maximum atomic E-state index is 14.3. The Kier molecular flexibility index (Phi) is 10.7. The first kappa shape index (κ1) is 35.3. The van der Waals surface area contributed by atoms with Gasteiger partial charge in [-0.25, -0.2) is 4.99 Å². The lowest BCUT2D eigenvalue weighted by Gasteiger charge is -2.29. The summed E-state index contributed by atoms with van der Waals surface area (Å²) in [4.78, 5) is 37.5. The molecule has 2 amide bonds. The molecule has 3 aliphatic rings. The minimum Gasteiger partial charge on any atom is -0.376 e. The Morgan fingerprint density at radius 2 is 1.96 bits per heavy atom. The molecule has 0 saturated carbocycles. The number of morpholine rings is 1. The molecule has 0 bridgehead atoms. The number of nitriles is 1. The topological polar surface area (TPSA) is 113 Å². The number of carbonyl (C=O) groups excluding carboxylic acids is 2. The summed E-state index contributed by atoms with van der Waals surface area (Å²) in [6.07, 6.45) is -4.14. The molecule has 2 saturated heterocycles. The quantitative estimate of drug-likeness (QED) is 0.241. The zero-order chi connectivity index (χ0) is 35.4. The molecule has 1 atom stereocenters. The predicted octanol–water partition coefficient (Wildman–Crippen LogP) is 6.44. The Bertz CT molecular complexity index is 1880. The number of rotatable bonds is 9. The molecule has 260 valence electrons. The SMILES string of the molecule is CCN(CCC1CNCCO1)c1ccc(C#N)cc1/N=C1/S/C(=C2\Sc3cc(NC(=O)C(F)(F)F)ccc3N2C)C(=O)N1Cc1ccccc1. The summed E-state index contributed by atoms with van der Waals surface area (Å²) < 4.78 is 44.6. The molecule has 6 rings (SSSR count). The summed E-state index contributed by atoms with van der Waals surface area (Å²) in [6.45, 7) is 5.97. The van der Waals surface area contributed by atoms with Gasteiger partial charge in [0.25, 0.3) is 5.91 Å². The molecule has 1 unspecified atom stereocenters. The van der Waals surface area contributed by atoms with Gasteiger partial charge in [0.2, 0.25) is 0 Å². The number of ether oxygens (including phenoxy) is 1. The van der Waals surface area contributed by atoms with E-state index in [1.54, 1.807) is 30.1 Å². The summed E-state index contributed by atoms with van der Waals surface area (Å²) in [7, 11) is 1.78. The first-order valence-corrected chi connectivity index (χ1v) is 17.6. The van der Waals surface area contributed by atoms with Crippen molar-refractivity contribution in [2.24, 2.45) is 4.99 Å². The minimum absolute atomic E-state index is 0.00623. The first-order chi connectivity index (χ1) is 24.0. The fourth-order valence-electron chi connectivity index (χ4n) is 5.76. The van der Waals surface area contributed by atoms with Crippen molar-refractivity contribution >= 4 is 63.3 Å². The lowest BCUT2D eigenvalue weighted by atomic mass is 10.1. The lowest BCUT2D eigenvalue weighted by molar-refractivity contribution is -0.167. The maximum Gasteiger partial charge on any atom is 0.471 e. The number of benzene rings is 3. The van der Waals surface area contributed by atoms with Crippen molar-refractivity contribution in [1.29, 1.82) is 5.26 Å². The Labute approximate surface area is 296 Å². The second kappa shape index (κ2) is 15.2. The van der Waals surface area contributed by atoms with Gasteiger partial charge in [0, 0.05) is 43.8 Å². The summed E-state index contributed by atoms with van der Waals surface area (Å²) in [5.74, 6) is -2.34. The third-order valence-electron chi connectivity index (χ3n) is 8.36. The van der Waals surface area contributed by atoms with Gasteiger partial charge in [-0.15, -0.1) is 0 Å². The Morgan fingerprint density at radius 1 is 1.16 bits per heavy atom. The van der Waals surface area contributed by atoms with Crippen LogP contribution in [0, 0.1) is 11.3 Å². The van der Waals surface area contributed by atoms with Gasteiger partial charge < -0.3 is 25.2 Å². The van der Waals surface area contributed by atoms with Crippen molar-refractivity contribution in [3.63, 3.8) is 0 Å². The van der Waals surface area contributed by atoms with E-state index in [-0.39, 0.29) is 24.2 Å². The van der Waals surface area contributed by atoms with Crippen molar-refractivity contribution in [2.75, 3.05) is 55.0 Å². The predicted molar refractivity (Wildman–Crippen MR) is 190 cm³/mol. The molecule has 3 aromatic rings. The second-order valence-electron chi connectivity index (χ2n) is 11.7. The van der Waals surface area contributed by atoms with Crippen molar-refractivity contribution in [3.05, 3.63) is 87.8 Å². The Morgan fingerprint density at radius 3 is 2.66 bits per heavy atom. The van der Waals surface area contributed by atoms with Crippen molar-refractivity contribution in [2.45, 2.75) is 37.1 Å². The molecule has 15 heteroatoms. The highest BCUT2D eigenvalue weighted by molar-refractivity contribution is 8.19. The van der Waals surface area contributed by atoms with Gasteiger partial charge in [-0.2, -0.15) is 18.4 Å². The van der Waals surface area contributed by atoms with E-state index >= 15 is 0 Å². The molecule has 2 fully saturated rings. The second-order valence-corrected chi connectivity index (χ2v) is 13.7. The van der Waals surface area contributed by atoms with E-state index in [2.05, 4.69) is 23.2 Å². The molecule has 3 heterocycles. The van der Waals surface area contributed by atoms with Crippen LogP contribution in [0.5, 0.6) is 0 Å². The molecule has 0 aliphatic carbocycles. The van der Waals surface area contributed by atoms with Gasteiger partial charge in [-0.3, -0.25) is 14.5 Å². The number of fused-ring (bicyclic) bond motifs is 1. The van der Waals surface area contributed by atoms with E-state index in [0.717, 1.165) is 30.8 Å². The number of amidine groups is 1. The fourth-order valence-corrected chi connectivity index (χ4v) is 8.14. The van der Waals surface area contributed by atoms with E-state index in [0.29, 0.717) is 56.6 Å². The molecule has 0 radical (unpaired) electrons. The minimum atomic E-state index is -5.02. The van der Waals surface area contributed by atoms with Crippen LogP contribution in [0.3, 0.4) is 0 Å². The smallest absolute Gasteiger partial charge is 0.376 e. The van der Waals surface area contributed by atoms with Crippen LogP contribution in [-0.2, 0) is 20.9 Å². The lowest BCUT2D eigenvalue weighted by Crippen LogP contribution is -2.40. The number of carbonyl (C=O) groups is 2. The number of anilines is 3. The van der Waals surface area contributed by atoms with Crippen molar-refractivity contribution < 1.29 is 27.5 Å². The van der Waals surface area contributed by atoms with Crippen LogP contribution in [0.4, 0.5) is 35.9 Å². The number of aliphatic imine (C=N–C) groups is 1. The number of amides is 2. The van der Waals surface area contributed by atoms with Crippen LogP contribution in [0.1, 0.15) is 24.5 Å². The average molecular weight is 722 g/mol. The van der Waals surface area contributed by atoms with E-state index < -0.39 is 12.1 Å². The summed E-state index contributed by atoms with van der Waals surface area (Å²) in [5.41, 5.74) is 3.37. The van der Waals surface area contributed by atoms with Crippen LogP contribution in [0.15, 0.2) is 86.6 Å². The van der Waals surface area contributed by atoms with Crippen LogP contribution in [-0.4, -0.2) is 74.0 Å². The Balaban J connectivity index is 1.35. The van der Waals surface area contributed by atoms with Gasteiger partial charge >= 0.3 is 12.1 Å². The largest absolute Gasteiger partial charge is 0.471 e. The summed E-state index contributed by atoms with van der Waals surface area (Å²) in [6, 6.07) is 21.6. The number of halogens is 3. The fraction of sp³-hybridized carbons (Fsp3) is 0.314. The molecule has 0 spiro atoms. The van der Waals surface area contributed by atoms with Gasteiger partial charge in [0.1, 0.15) is 4.91 Å². The van der Waals surface area contributed by atoms with Gasteiger partial charge in [0.15, 0.2) is 5.17 Å². The first-order valence-electron chi connectivity index (χ1n) is 16.0. The number of hydrogen-bond acceptors (Lipinski definition) is 10. The number of thioether (sulfide) groups is 2. The highest BCUT2D eigenvalue weighted by Gasteiger charge is 2.41. The molecule has 50 heavy (non-hydrogen) atoms. The highest BCUT2D eigenvalue weighted by Crippen LogP contribution is 2.51. The zero-order valence-corrected chi connectivity index (χ0v) is 28.9. The maximum absolute atomic E-state index is 14.3. The molecular weight excluding hydrogens is 688 g/mol. The number of hydrogen-bond donors (Lipinski definition) is 2. The third kappa shape index (κ3) is 7.78. The molecule has 3 aliphatic heterocycles. The molecular formula is C35H34F3N7O3S2. The average Bonchev–Trinajstić information content (AvgIpc) is 3.60. The zero-order valence-electron chi connectivity index (χ0n) is 27.3. The van der Waals surface area contributed by atoms with E-state index in [4.69, 9.17) is 9.73 Å². The van der Waals surface area contributed by atoms with Crippen molar-refractivity contribution in [3.8, 4) is 6.07 Å². The van der Waals surface area contributed by atoms with Gasteiger partial charge in [-0.05, 0) is 67.1 Å². The summed E-state index contributed by atoms with van der Waals surface area (Å²) in [5, 5.41) is 16.0. The van der Waals surface area contributed by atoms with E-state index in [1.807, 2.05) is 46.6 Å². The number of nitrogens with one attached hydrogen (secondary N) is 2. The normalized spacial score (nSPS) is 19.9. The number of alkyl halides is 3. The van der Waals surface area contributed by atoms with Crippen LogP contribution in [0.2, 0.25) is 0 Å². The molecule has 3 aromatic carbocycles. The van der Waals surface area contributed by atoms with E-state index in [1.165, 1.54) is 35.7 Å². The standard InChI is InChI=1S/C35H34F3N7O3S2/c1-3-44(15-13-25-20-40-14-16-48-25)27-11-9-23(19-39)17-26(27)42-34-45(21-22-7-5-4-6-8-22)31(46)30(50-34)32-43(2)28-12-10-24(18-29(28)49-32)41-33(47)35(36,37)38/h4-12,17-18,25,40H,3,13-16,20-21H2,1-2H3,(H,41,47)/b32-30-,42-34+. The Hall–Kier alpha value is -4.49. The van der Waals surface area contributed by atoms with Crippen LogP contribution < -0.4 is 20.4 Å². The molecule has 10 nitrogen and oxygen atoms in total. The van der Waals surface area contributed by atoms with Crippen LogP contribution >= 0.6 is 23.5 Å². The van der Waals surface area contributed by atoms with Gasteiger partial charge in [0.05, 0.1) is 53.0 Å². The molecule has 2 N–H and O–H groups in total. The monoisotopic (exact) mass is 721 g/mol. The summed E-state index contributed by atoms with van der Waals surface area (Å²) >= 11 is 2.43. The number of nitrogens with zero attached hydrogens (tertiary/aromatic N) is 5. The van der Waals surface area contributed by atoms with Crippen molar-refractivity contribution in [1.82, 2.24) is 10.2 Å². The molecule has 0 aromatic heterocycles. The third-order valence-corrected chi connectivity index (χ3v) is 10.8. The van der Waals surface area contributed by atoms with Gasteiger partial charge in [-0.1, -0.05) is 42.1 Å². The van der Waals surface area contributed by atoms with Crippen LogP contribution in [0.25, 0.3) is 0 Å². The van der Waals surface area contributed by atoms with E-state index in [9.17, 15) is 28.0 Å². The highest BCUT2D eigenvalue weighted by atomic mass is 32.2.